The molecule has 1 heterocycles. The van der Waals surface area contributed by atoms with Crippen molar-refractivity contribution >= 4 is 12.0 Å². The highest BCUT2D eigenvalue weighted by molar-refractivity contribution is 6.02. The fourth-order valence-corrected chi connectivity index (χ4v) is 3.68. The van der Waals surface area contributed by atoms with E-state index in [2.05, 4.69) is 36.3 Å². The van der Waals surface area contributed by atoms with Gasteiger partial charge in [0.2, 0.25) is 0 Å². The van der Waals surface area contributed by atoms with Crippen LogP contribution in [0.1, 0.15) is 46.6 Å². The van der Waals surface area contributed by atoms with Crippen molar-refractivity contribution in [2.45, 2.75) is 46.6 Å². The van der Waals surface area contributed by atoms with Gasteiger partial charge < -0.3 is 14.8 Å². The van der Waals surface area contributed by atoms with E-state index in [-0.39, 0.29) is 11.0 Å². The van der Waals surface area contributed by atoms with Gasteiger partial charge in [-0.2, -0.15) is 10.4 Å². The van der Waals surface area contributed by atoms with Crippen molar-refractivity contribution in [3.63, 3.8) is 0 Å². The predicted molar refractivity (Wildman–Crippen MR) is 117 cm³/mol. The van der Waals surface area contributed by atoms with Crippen LogP contribution in [0.4, 0.5) is 0 Å². The number of carbonyl (C=O) groups is 1. The van der Waals surface area contributed by atoms with Crippen LogP contribution in [0.5, 0.6) is 11.5 Å². The first kappa shape index (κ1) is 23.0. The van der Waals surface area contributed by atoms with Crippen LogP contribution in [0.2, 0.25) is 0 Å². The number of H-pyrrole nitrogens is 1. The summed E-state index contributed by atoms with van der Waals surface area (Å²) >= 11 is 0. The lowest BCUT2D eigenvalue weighted by molar-refractivity contribution is -0.118. The zero-order valence-corrected chi connectivity index (χ0v) is 18.7. The Balaban J connectivity index is 2.34. The number of aromatic nitrogens is 2. The summed E-state index contributed by atoms with van der Waals surface area (Å²) in [7, 11) is 3.13. The Bertz CT molecular complexity index is 975. The number of hydrogen-bond donors (Lipinski definition) is 2. The van der Waals surface area contributed by atoms with E-state index in [1.807, 2.05) is 32.0 Å². The molecular formula is C23H30N4O3. The zero-order chi connectivity index (χ0) is 22.5. The highest BCUT2D eigenvalue weighted by atomic mass is 16.5. The van der Waals surface area contributed by atoms with Crippen molar-refractivity contribution in [1.82, 2.24) is 15.5 Å². The number of rotatable bonds is 7. The minimum atomic E-state index is -0.451. The van der Waals surface area contributed by atoms with Crippen molar-refractivity contribution in [3.8, 4) is 28.8 Å². The van der Waals surface area contributed by atoms with E-state index in [4.69, 9.17) is 9.47 Å². The summed E-state index contributed by atoms with van der Waals surface area (Å²) in [4.78, 5) is 12.8. The fourth-order valence-electron chi connectivity index (χ4n) is 3.68. The second-order valence-corrected chi connectivity index (χ2v) is 9.02. The molecule has 0 fully saturated rings. The molecule has 0 saturated heterocycles. The number of nitrogens with one attached hydrogen (secondary N) is 2. The van der Waals surface area contributed by atoms with Crippen molar-refractivity contribution in [1.29, 1.82) is 5.26 Å². The van der Waals surface area contributed by atoms with Crippen molar-refractivity contribution in [2.24, 2.45) is 5.41 Å². The molecule has 0 atom stereocenters. The van der Waals surface area contributed by atoms with E-state index < -0.39 is 11.4 Å². The Morgan fingerprint density at radius 3 is 2.43 bits per heavy atom. The molecule has 2 N–H and O–H groups in total. The van der Waals surface area contributed by atoms with Gasteiger partial charge >= 0.3 is 0 Å². The van der Waals surface area contributed by atoms with E-state index in [1.165, 1.54) is 6.08 Å². The first-order valence-electron chi connectivity index (χ1n) is 9.70. The lowest BCUT2D eigenvalue weighted by atomic mass is 9.81. The normalized spacial score (nSPS) is 12.3. The smallest absolute Gasteiger partial charge is 0.262 e. The van der Waals surface area contributed by atoms with Gasteiger partial charge in [0.05, 0.1) is 26.1 Å². The van der Waals surface area contributed by atoms with E-state index >= 15 is 0 Å². The number of hydrogen-bond acceptors (Lipinski definition) is 5. The number of carbonyl (C=O) groups excluding carboxylic acids is 1. The summed E-state index contributed by atoms with van der Waals surface area (Å²) in [5.74, 6) is 0.768. The molecule has 0 bridgehead atoms. The molecule has 0 aliphatic rings. The number of nitriles is 1. The van der Waals surface area contributed by atoms with Gasteiger partial charge in [-0.05, 0) is 50.0 Å². The Morgan fingerprint density at radius 1 is 1.20 bits per heavy atom. The molecule has 0 unspecified atom stereocenters. The fraction of sp³-hybridized carbons (Fsp3) is 0.435. The first-order valence-corrected chi connectivity index (χ1v) is 9.70. The van der Waals surface area contributed by atoms with Gasteiger partial charge in [0.15, 0.2) is 11.5 Å². The molecule has 0 saturated carbocycles. The Labute approximate surface area is 178 Å². The Kier molecular flexibility index (Phi) is 6.93. The maximum absolute atomic E-state index is 12.8. The van der Waals surface area contributed by atoms with Gasteiger partial charge in [0.1, 0.15) is 11.6 Å². The van der Waals surface area contributed by atoms with E-state index in [0.717, 1.165) is 12.0 Å². The van der Waals surface area contributed by atoms with E-state index in [9.17, 15) is 10.1 Å². The summed E-state index contributed by atoms with van der Waals surface area (Å²) in [5, 5.41) is 19.6. The summed E-state index contributed by atoms with van der Waals surface area (Å²) in [6, 6.07) is 7.45. The summed E-state index contributed by atoms with van der Waals surface area (Å²) < 4.78 is 10.6. The van der Waals surface area contributed by atoms with Gasteiger partial charge in [-0.15, -0.1) is 0 Å². The van der Waals surface area contributed by atoms with Crippen LogP contribution < -0.4 is 14.8 Å². The van der Waals surface area contributed by atoms with Gasteiger partial charge in [-0.1, -0.05) is 20.8 Å². The van der Waals surface area contributed by atoms with Crippen LogP contribution in [0, 0.1) is 16.7 Å². The van der Waals surface area contributed by atoms with Gasteiger partial charge in [0, 0.05) is 16.7 Å². The van der Waals surface area contributed by atoms with E-state index in [1.54, 1.807) is 26.5 Å². The molecule has 1 aromatic carbocycles. The molecule has 7 heteroatoms. The monoisotopic (exact) mass is 410 g/mol. The first-order chi connectivity index (χ1) is 14.0. The largest absolute Gasteiger partial charge is 0.493 e. The molecule has 1 aromatic heterocycles. The molecule has 2 aromatic rings. The van der Waals surface area contributed by atoms with Gasteiger partial charge in [-0.3, -0.25) is 9.89 Å². The molecule has 0 aliphatic heterocycles. The van der Waals surface area contributed by atoms with Crippen LogP contribution in [-0.4, -0.2) is 35.9 Å². The molecule has 160 valence electrons. The topological polar surface area (TPSA) is 100 Å². The van der Waals surface area contributed by atoms with Crippen LogP contribution in [-0.2, 0) is 4.79 Å². The average Bonchev–Trinajstić information content (AvgIpc) is 3.11. The number of aromatic amines is 1. The maximum atomic E-state index is 12.8. The lowest BCUT2D eigenvalue weighted by Crippen LogP contribution is -2.46. The average molecular weight is 411 g/mol. The van der Waals surface area contributed by atoms with Crippen molar-refractivity contribution in [2.75, 3.05) is 14.2 Å². The zero-order valence-electron chi connectivity index (χ0n) is 18.7. The molecular weight excluding hydrogens is 380 g/mol. The standard InChI is InChI=1S/C23H30N4O3/c1-22(2,3)14-23(4,5)26-21(28)16(12-24)10-17-13-25-27-20(17)15-8-9-18(29-6)19(11-15)30-7/h8-11,13H,14H2,1-7H3,(H,25,27)(H,26,28)/b16-10+. The molecule has 0 radical (unpaired) electrons. The summed E-state index contributed by atoms with van der Waals surface area (Å²) in [6.45, 7) is 10.3. The molecule has 7 nitrogen and oxygen atoms in total. The molecule has 30 heavy (non-hydrogen) atoms. The van der Waals surface area contributed by atoms with Gasteiger partial charge in [-0.25, -0.2) is 0 Å². The Morgan fingerprint density at radius 2 is 1.87 bits per heavy atom. The van der Waals surface area contributed by atoms with Crippen LogP contribution >= 0.6 is 0 Å². The van der Waals surface area contributed by atoms with Crippen LogP contribution in [0.25, 0.3) is 17.3 Å². The molecule has 0 spiro atoms. The van der Waals surface area contributed by atoms with Crippen LogP contribution in [0.15, 0.2) is 30.0 Å². The molecule has 2 rings (SSSR count). The number of nitrogens with zero attached hydrogens (tertiary/aromatic N) is 2. The SMILES string of the molecule is COc1ccc(-c2[nH]ncc2/C=C(\C#N)C(=O)NC(C)(C)CC(C)(C)C)cc1OC. The van der Waals surface area contributed by atoms with Crippen molar-refractivity contribution < 1.29 is 14.3 Å². The highest BCUT2D eigenvalue weighted by Crippen LogP contribution is 2.33. The number of benzene rings is 1. The minimum absolute atomic E-state index is 0.0140. The molecule has 0 aliphatic carbocycles. The van der Waals surface area contributed by atoms with Gasteiger partial charge in [0.25, 0.3) is 5.91 Å². The predicted octanol–water partition coefficient (Wildman–Crippen LogP) is 4.33. The number of amides is 1. The quantitative estimate of drug-likeness (QED) is 0.523. The Hall–Kier alpha value is -3.27. The third-order valence-electron chi connectivity index (χ3n) is 4.43. The maximum Gasteiger partial charge on any atom is 0.262 e. The van der Waals surface area contributed by atoms with Crippen molar-refractivity contribution in [3.05, 3.63) is 35.5 Å². The summed E-state index contributed by atoms with van der Waals surface area (Å²) in [6.07, 6.45) is 3.89. The second-order valence-electron chi connectivity index (χ2n) is 9.02. The number of ether oxygens (including phenoxy) is 2. The molecule has 1 amide bonds. The third-order valence-corrected chi connectivity index (χ3v) is 4.43. The lowest BCUT2D eigenvalue weighted by Gasteiger charge is -2.33. The summed E-state index contributed by atoms with van der Waals surface area (Å²) in [5.41, 5.74) is 1.70. The number of methoxy groups -OCH3 is 2. The van der Waals surface area contributed by atoms with Crippen LogP contribution in [0.3, 0.4) is 0 Å². The second kappa shape index (κ2) is 9.04. The minimum Gasteiger partial charge on any atom is -0.493 e. The third kappa shape index (κ3) is 5.86. The van der Waals surface area contributed by atoms with E-state index in [0.29, 0.717) is 22.8 Å². The highest BCUT2D eigenvalue weighted by Gasteiger charge is 2.28.